The zero-order valence-corrected chi connectivity index (χ0v) is 16.2. The number of halogens is 1. The highest BCUT2D eigenvalue weighted by atomic mass is 35.5. The Morgan fingerprint density at radius 2 is 2.12 bits per heavy atom. The van der Waals surface area contributed by atoms with E-state index in [1.54, 1.807) is 6.07 Å². The van der Waals surface area contributed by atoms with Gasteiger partial charge in [-0.05, 0) is 30.9 Å². The average molecular weight is 390 g/mol. The molecule has 1 atom stereocenters. The Hall–Kier alpha value is -1.47. The van der Waals surface area contributed by atoms with Crippen molar-refractivity contribution in [2.24, 2.45) is 5.92 Å². The van der Waals surface area contributed by atoms with Crippen LogP contribution in [0, 0.1) is 5.92 Å². The van der Waals surface area contributed by atoms with Crippen LogP contribution in [0.1, 0.15) is 37.0 Å². The van der Waals surface area contributed by atoms with Crippen molar-refractivity contribution >= 4 is 27.3 Å². The summed E-state index contributed by atoms with van der Waals surface area (Å²) in [5, 5.41) is 3.02. The summed E-state index contributed by atoms with van der Waals surface area (Å²) in [6, 6.07) is 2.69. The first-order valence-electron chi connectivity index (χ1n) is 8.23. The van der Waals surface area contributed by atoms with Crippen molar-refractivity contribution in [3.63, 3.8) is 0 Å². The van der Waals surface area contributed by atoms with E-state index in [0.29, 0.717) is 36.0 Å². The Kier molecular flexibility index (Phi) is 6.57. The molecule has 25 heavy (non-hydrogen) atoms. The molecule has 0 aromatic heterocycles. The van der Waals surface area contributed by atoms with Gasteiger partial charge in [0.15, 0.2) is 21.3 Å². The molecule has 1 aliphatic rings. The Bertz CT molecular complexity index is 733. The maximum atomic E-state index is 12.4. The predicted octanol–water partition coefficient (Wildman–Crippen LogP) is 2.69. The number of amides is 1. The summed E-state index contributed by atoms with van der Waals surface area (Å²) in [5.74, 6) is 0.976. The highest BCUT2D eigenvalue weighted by Crippen LogP contribution is 2.36. The van der Waals surface area contributed by atoms with E-state index in [1.165, 1.54) is 13.2 Å². The third kappa shape index (κ3) is 5.51. The largest absolute Gasteiger partial charge is 0.493 e. The number of carbonyl (C=O) groups excluding carboxylic acids is 1. The van der Waals surface area contributed by atoms with Crippen LogP contribution in [0.5, 0.6) is 11.5 Å². The van der Waals surface area contributed by atoms with Crippen molar-refractivity contribution in [1.82, 2.24) is 5.32 Å². The molecule has 1 unspecified atom stereocenters. The maximum absolute atomic E-state index is 12.4. The fraction of sp³-hybridized carbons (Fsp3) is 0.588. The lowest BCUT2D eigenvalue weighted by molar-refractivity contribution is 0.0940. The predicted molar refractivity (Wildman–Crippen MR) is 97.5 cm³/mol. The highest BCUT2D eigenvalue weighted by Gasteiger charge is 2.29. The molecular formula is C17H24ClNO5S. The summed E-state index contributed by atoms with van der Waals surface area (Å²) in [4.78, 5) is 12.4. The molecular weight excluding hydrogens is 366 g/mol. The number of hydrogen-bond acceptors (Lipinski definition) is 5. The van der Waals surface area contributed by atoms with Gasteiger partial charge in [0.25, 0.3) is 5.91 Å². The Morgan fingerprint density at radius 1 is 1.40 bits per heavy atom. The van der Waals surface area contributed by atoms with Crippen molar-refractivity contribution in [2.75, 3.05) is 25.2 Å². The van der Waals surface area contributed by atoms with Gasteiger partial charge in [-0.15, -0.1) is 0 Å². The van der Waals surface area contributed by atoms with Gasteiger partial charge in [-0.25, -0.2) is 8.42 Å². The van der Waals surface area contributed by atoms with Crippen molar-refractivity contribution in [2.45, 2.75) is 32.7 Å². The lowest BCUT2D eigenvalue weighted by atomic mass is 10.1. The summed E-state index contributed by atoms with van der Waals surface area (Å²) in [6.45, 7) is 4.69. The van der Waals surface area contributed by atoms with Crippen LogP contribution in [0.15, 0.2) is 12.1 Å². The Balaban J connectivity index is 2.11. The molecule has 1 N–H and O–H groups in total. The number of methoxy groups -OCH3 is 1. The zero-order chi connectivity index (χ0) is 18.6. The van der Waals surface area contributed by atoms with Crippen molar-refractivity contribution in [3.05, 3.63) is 22.7 Å². The molecule has 0 aliphatic carbocycles. The van der Waals surface area contributed by atoms with E-state index < -0.39 is 9.84 Å². The molecule has 0 bridgehead atoms. The quantitative estimate of drug-likeness (QED) is 0.775. The monoisotopic (exact) mass is 389 g/mol. The lowest BCUT2D eigenvalue weighted by Gasteiger charge is -2.16. The van der Waals surface area contributed by atoms with E-state index in [-0.39, 0.29) is 28.5 Å². The second kappa shape index (κ2) is 8.27. The average Bonchev–Trinajstić information content (AvgIpc) is 2.86. The third-order valence-corrected chi connectivity index (χ3v) is 6.05. The van der Waals surface area contributed by atoms with Crippen LogP contribution < -0.4 is 14.8 Å². The van der Waals surface area contributed by atoms with Crippen LogP contribution in [-0.4, -0.2) is 45.6 Å². The number of carbonyl (C=O) groups is 1. The minimum absolute atomic E-state index is 0.0278. The van der Waals surface area contributed by atoms with Crippen molar-refractivity contribution in [3.8, 4) is 11.5 Å². The minimum atomic E-state index is -3.05. The van der Waals surface area contributed by atoms with Crippen LogP contribution in [0.2, 0.25) is 5.02 Å². The number of rotatable bonds is 7. The molecule has 1 aliphatic heterocycles. The Morgan fingerprint density at radius 3 is 2.68 bits per heavy atom. The molecule has 0 saturated carbocycles. The van der Waals surface area contributed by atoms with Crippen LogP contribution in [0.3, 0.4) is 0 Å². The zero-order valence-electron chi connectivity index (χ0n) is 14.7. The first kappa shape index (κ1) is 19.8. The maximum Gasteiger partial charge on any atom is 0.251 e. The van der Waals surface area contributed by atoms with Crippen LogP contribution in [-0.2, 0) is 9.84 Å². The van der Waals surface area contributed by atoms with Gasteiger partial charge in [-0.1, -0.05) is 25.4 Å². The third-order valence-electron chi connectivity index (χ3n) is 4.00. The van der Waals surface area contributed by atoms with Gasteiger partial charge in [0.05, 0.1) is 30.2 Å². The van der Waals surface area contributed by atoms with E-state index >= 15 is 0 Å². The molecule has 1 amide bonds. The van der Waals surface area contributed by atoms with Gasteiger partial charge < -0.3 is 14.8 Å². The van der Waals surface area contributed by atoms with Crippen LogP contribution in [0.25, 0.3) is 0 Å². The molecule has 1 fully saturated rings. The first-order chi connectivity index (χ1) is 11.7. The van der Waals surface area contributed by atoms with Crippen LogP contribution >= 0.6 is 11.6 Å². The summed E-state index contributed by atoms with van der Waals surface area (Å²) >= 11 is 6.25. The molecule has 2 rings (SSSR count). The fourth-order valence-electron chi connectivity index (χ4n) is 2.57. The molecule has 1 saturated heterocycles. The summed E-state index contributed by atoms with van der Waals surface area (Å²) in [6.07, 6.45) is 1.30. The van der Waals surface area contributed by atoms with Gasteiger partial charge in [-0.3, -0.25) is 4.79 Å². The van der Waals surface area contributed by atoms with Crippen molar-refractivity contribution in [1.29, 1.82) is 0 Å². The summed E-state index contributed by atoms with van der Waals surface area (Å²) in [7, 11) is -1.58. The van der Waals surface area contributed by atoms with E-state index in [9.17, 15) is 13.2 Å². The number of ether oxygens (including phenoxy) is 2. The second-order valence-electron chi connectivity index (χ2n) is 6.59. The number of hydrogen-bond donors (Lipinski definition) is 1. The Labute approximate surface area is 153 Å². The number of benzene rings is 1. The highest BCUT2D eigenvalue weighted by molar-refractivity contribution is 7.91. The van der Waals surface area contributed by atoms with E-state index in [1.807, 2.05) is 0 Å². The van der Waals surface area contributed by atoms with Crippen LogP contribution in [0.4, 0.5) is 0 Å². The molecule has 1 aromatic rings. The van der Waals surface area contributed by atoms with Gasteiger partial charge in [-0.2, -0.15) is 0 Å². The van der Waals surface area contributed by atoms with Gasteiger partial charge in [0, 0.05) is 11.6 Å². The van der Waals surface area contributed by atoms with E-state index in [2.05, 4.69) is 19.2 Å². The molecule has 0 spiro atoms. The summed E-state index contributed by atoms with van der Waals surface area (Å²) < 4.78 is 34.0. The second-order valence-corrected chi connectivity index (χ2v) is 9.23. The van der Waals surface area contributed by atoms with Gasteiger partial charge in [0.2, 0.25) is 0 Å². The standard InChI is InChI=1S/C17H24ClNO5S/c1-11(2)4-6-24-16-14(18)8-12(9-15(16)23-3)17(20)19-13-5-7-25(21,22)10-13/h8-9,11,13H,4-7,10H2,1-3H3,(H,19,20). The molecule has 1 aromatic carbocycles. The SMILES string of the molecule is COc1cc(C(=O)NC2CCS(=O)(=O)C2)cc(Cl)c1OCCC(C)C. The number of sulfone groups is 1. The minimum Gasteiger partial charge on any atom is -0.493 e. The van der Waals surface area contributed by atoms with E-state index in [0.717, 1.165) is 6.42 Å². The van der Waals surface area contributed by atoms with E-state index in [4.69, 9.17) is 21.1 Å². The van der Waals surface area contributed by atoms with Gasteiger partial charge >= 0.3 is 0 Å². The number of nitrogens with one attached hydrogen (secondary N) is 1. The smallest absolute Gasteiger partial charge is 0.251 e. The van der Waals surface area contributed by atoms with Crippen molar-refractivity contribution < 1.29 is 22.7 Å². The molecule has 8 heteroatoms. The molecule has 6 nitrogen and oxygen atoms in total. The lowest BCUT2D eigenvalue weighted by Crippen LogP contribution is -2.35. The topological polar surface area (TPSA) is 81.7 Å². The first-order valence-corrected chi connectivity index (χ1v) is 10.4. The molecule has 1 heterocycles. The fourth-order valence-corrected chi connectivity index (χ4v) is 4.50. The summed E-state index contributed by atoms with van der Waals surface area (Å²) in [5.41, 5.74) is 0.308. The molecule has 140 valence electrons. The normalized spacial score (nSPS) is 19.0. The molecule has 0 radical (unpaired) electrons. The van der Waals surface area contributed by atoms with Gasteiger partial charge in [0.1, 0.15) is 0 Å².